The van der Waals surface area contributed by atoms with Crippen LogP contribution < -0.4 is 14.8 Å². The van der Waals surface area contributed by atoms with Crippen LogP contribution in [0.25, 0.3) is 0 Å². The molecule has 0 unspecified atom stereocenters. The van der Waals surface area contributed by atoms with E-state index in [1.165, 1.54) is 0 Å². The second kappa shape index (κ2) is 7.44. The molecule has 1 aromatic heterocycles. The van der Waals surface area contributed by atoms with Crippen LogP contribution in [0.5, 0.6) is 11.5 Å². The van der Waals surface area contributed by atoms with E-state index in [1.54, 1.807) is 25.6 Å². The first kappa shape index (κ1) is 15.1. The molecule has 0 radical (unpaired) electrons. The van der Waals surface area contributed by atoms with Crippen LogP contribution in [0.15, 0.2) is 36.7 Å². The molecular weight excluding hydrogens is 270 g/mol. The Labute approximate surface area is 123 Å². The normalized spacial score (nSPS) is 11.8. The minimum Gasteiger partial charge on any atom is -0.493 e. The minimum absolute atomic E-state index is 0.0215. The number of benzene rings is 1. The fourth-order valence-electron chi connectivity index (χ4n) is 1.88. The van der Waals surface area contributed by atoms with Gasteiger partial charge in [0.05, 0.1) is 19.8 Å². The topological polar surface area (TPSA) is 76.5 Å². The van der Waals surface area contributed by atoms with Gasteiger partial charge in [0.25, 0.3) is 0 Å². The van der Waals surface area contributed by atoms with E-state index in [-0.39, 0.29) is 19.3 Å². The number of nitrogens with zero attached hydrogens (tertiary/aromatic N) is 2. The lowest BCUT2D eigenvalue weighted by atomic mass is 10.1. The van der Waals surface area contributed by atoms with Gasteiger partial charge in [-0.2, -0.15) is 0 Å². The fourth-order valence-corrected chi connectivity index (χ4v) is 1.88. The van der Waals surface area contributed by atoms with Crippen LogP contribution in [-0.4, -0.2) is 35.4 Å². The van der Waals surface area contributed by atoms with E-state index < -0.39 is 0 Å². The third-order valence-electron chi connectivity index (χ3n) is 2.95. The van der Waals surface area contributed by atoms with Crippen LogP contribution in [0.1, 0.15) is 18.5 Å². The molecule has 0 saturated heterocycles. The summed E-state index contributed by atoms with van der Waals surface area (Å²) < 4.78 is 10.7. The third kappa shape index (κ3) is 4.06. The van der Waals surface area contributed by atoms with Crippen molar-refractivity contribution >= 4 is 5.95 Å². The molecule has 1 heterocycles. The molecule has 1 atom stereocenters. The number of hydrogen-bond acceptors (Lipinski definition) is 6. The number of rotatable bonds is 7. The van der Waals surface area contributed by atoms with E-state index in [1.807, 2.05) is 25.1 Å². The Morgan fingerprint density at radius 1 is 1.24 bits per heavy atom. The number of anilines is 1. The van der Waals surface area contributed by atoms with Gasteiger partial charge in [0.2, 0.25) is 5.95 Å². The molecule has 0 amide bonds. The van der Waals surface area contributed by atoms with Crippen molar-refractivity contribution < 1.29 is 14.6 Å². The van der Waals surface area contributed by atoms with Crippen molar-refractivity contribution in [3.8, 4) is 11.5 Å². The molecule has 0 aliphatic heterocycles. The molecule has 0 bridgehead atoms. The van der Waals surface area contributed by atoms with Crippen molar-refractivity contribution in [2.24, 2.45) is 0 Å². The van der Waals surface area contributed by atoms with Crippen molar-refractivity contribution in [3.05, 3.63) is 42.2 Å². The summed E-state index contributed by atoms with van der Waals surface area (Å²) in [6, 6.07) is 7.46. The highest BCUT2D eigenvalue weighted by molar-refractivity contribution is 5.45. The molecule has 1 aromatic carbocycles. The van der Waals surface area contributed by atoms with E-state index in [4.69, 9.17) is 14.6 Å². The summed E-state index contributed by atoms with van der Waals surface area (Å²) in [5.74, 6) is 1.81. The Hall–Kier alpha value is -2.34. The average molecular weight is 289 g/mol. The first-order valence-corrected chi connectivity index (χ1v) is 6.69. The van der Waals surface area contributed by atoms with Gasteiger partial charge in [-0.1, -0.05) is 6.07 Å². The molecule has 0 spiro atoms. The van der Waals surface area contributed by atoms with Gasteiger partial charge in [-0.3, -0.25) is 0 Å². The van der Waals surface area contributed by atoms with Gasteiger partial charge < -0.3 is 19.9 Å². The van der Waals surface area contributed by atoms with Crippen LogP contribution in [0, 0.1) is 0 Å². The summed E-state index contributed by atoms with van der Waals surface area (Å²) >= 11 is 0. The first-order chi connectivity index (χ1) is 10.2. The standard InChI is InChI=1S/C15H19N3O3/c1-11(18-15-16-6-3-7-17-15)12-4-5-13(21-9-8-19)14(10-12)20-2/h3-7,10-11,19H,8-9H2,1-2H3,(H,16,17,18)/t11-/m0/s1. The SMILES string of the molecule is COc1cc([C@H](C)Nc2ncccn2)ccc1OCCO. The maximum absolute atomic E-state index is 8.81. The van der Waals surface area contributed by atoms with Crippen molar-refractivity contribution in [2.45, 2.75) is 13.0 Å². The summed E-state index contributed by atoms with van der Waals surface area (Å²) in [7, 11) is 1.59. The van der Waals surface area contributed by atoms with E-state index in [9.17, 15) is 0 Å². The van der Waals surface area contributed by atoms with Gasteiger partial charge >= 0.3 is 0 Å². The monoisotopic (exact) mass is 289 g/mol. The second-order valence-electron chi connectivity index (χ2n) is 4.42. The van der Waals surface area contributed by atoms with Crippen molar-refractivity contribution in [1.82, 2.24) is 9.97 Å². The van der Waals surface area contributed by atoms with Crippen LogP contribution in [-0.2, 0) is 0 Å². The lowest BCUT2D eigenvalue weighted by Gasteiger charge is -2.16. The Balaban J connectivity index is 2.12. The lowest BCUT2D eigenvalue weighted by molar-refractivity contribution is 0.196. The Morgan fingerprint density at radius 3 is 2.67 bits per heavy atom. The quantitative estimate of drug-likeness (QED) is 0.812. The van der Waals surface area contributed by atoms with Crippen LogP contribution >= 0.6 is 0 Å². The van der Waals surface area contributed by atoms with Crippen molar-refractivity contribution in [3.63, 3.8) is 0 Å². The number of ether oxygens (including phenoxy) is 2. The van der Waals surface area contributed by atoms with Gasteiger partial charge in [0.1, 0.15) is 6.61 Å². The Bertz CT molecular complexity index is 563. The van der Waals surface area contributed by atoms with Gasteiger partial charge in [-0.15, -0.1) is 0 Å². The fraction of sp³-hybridized carbons (Fsp3) is 0.333. The summed E-state index contributed by atoms with van der Waals surface area (Å²) in [6.07, 6.45) is 3.38. The smallest absolute Gasteiger partial charge is 0.223 e. The molecule has 0 aliphatic carbocycles. The molecule has 6 nitrogen and oxygen atoms in total. The maximum atomic E-state index is 8.81. The molecule has 0 saturated carbocycles. The number of aromatic nitrogens is 2. The molecule has 21 heavy (non-hydrogen) atoms. The third-order valence-corrected chi connectivity index (χ3v) is 2.95. The summed E-state index contributed by atoms with van der Waals surface area (Å²) in [5.41, 5.74) is 1.02. The molecule has 112 valence electrons. The molecule has 2 rings (SSSR count). The number of nitrogens with one attached hydrogen (secondary N) is 1. The number of aliphatic hydroxyl groups excluding tert-OH is 1. The molecule has 0 fully saturated rings. The molecular formula is C15H19N3O3. The van der Waals surface area contributed by atoms with E-state index in [0.717, 1.165) is 5.56 Å². The zero-order chi connectivity index (χ0) is 15.1. The maximum Gasteiger partial charge on any atom is 0.223 e. The highest BCUT2D eigenvalue weighted by Gasteiger charge is 2.11. The highest BCUT2D eigenvalue weighted by atomic mass is 16.5. The molecule has 0 aliphatic rings. The summed E-state index contributed by atoms with van der Waals surface area (Å²) in [6.45, 7) is 2.22. The minimum atomic E-state index is -0.0335. The predicted octanol–water partition coefficient (Wildman–Crippen LogP) is 2.03. The molecule has 2 aromatic rings. The van der Waals surface area contributed by atoms with E-state index in [2.05, 4.69) is 15.3 Å². The number of hydrogen-bond donors (Lipinski definition) is 2. The van der Waals surface area contributed by atoms with Gasteiger partial charge in [-0.25, -0.2) is 9.97 Å². The zero-order valence-corrected chi connectivity index (χ0v) is 12.1. The number of methoxy groups -OCH3 is 1. The Kier molecular flexibility index (Phi) is 5.34. The van der Waals surface area contributed by atoms with Gasteiger partial charge in [0.15, 0.2) is 11.5 Å². The summed E-state index contributed by atoms with van der Waals surface area (Å²) in [5, 5.41) is 12.0. The van der Waals surface area contributed by atoms with Crippen molar-refractivity contribution in [1.29, 1.82) is 0 Å². The van der Waals surface area contributed by atoms with Crippen LogP contribution in [0.3, 0.4) is 0 Å². The first-order valence-electron chi connectivity index (χ1n) is 6.69. The van der Waals surface area contributed by atoms with Gasteiger partial charge in [0, 0.05) is 12.4 Å². The van der Waals surface area contributed by atoms with E-state index >= 15 is 0 Å². The number of aliphatic hydroxyl groups is 1. The molecule has 2 N–H and O–H groups in total. The second-order valence-corrected chi connectivity index (χ2v) is 4.42. The average Bonchev–Trinajstić information content (AvgIpc) is 2.53. The Morgan fingerprint density at radius 2 is 2.00 bits per heavy atom. The summed E-state index contributed by atoms with van der Waals surface area (Å²) in [4.78, 5) is 8.28. The van der Waals surface area contributed by atoms with E-state index in [0.29, 0.717) is 17.4 Å². The predicted molar refractivity (Wildman–Crippen MR) is 79.6 cm³/mol. The van der Waals surface area contributed by atoms with Crippen LogP contribution in [0.4, 0.5) is 5.95 Å². The van der Waals surface area contributed by atoms with Crippen LogP contribution in [0.2, 0.25) is 0 Å². The highest BCUT2D eigenvalue weighted by Crippen LogP contribution is 2.30. The largest absolute Gasteiger partial charge is 0.493 e. The van der Waals surface area contributed by atoms with Crippen molar-refractivity contribution in [2.75, 3.05) is 25.6 Å². The zero-order valence-electron chi connectivity index (χ0n) is 12.1. The molecule has 6 heteroatoms. The lowest BCUT2D eigenvalue weighted by Crippen LogP contribution is -2.10. The van der Waals surface area contributed by atoms with Gasteiger partial charge in [-0.05, 0) is 30.7 Å².